The molecule has 4 heterocycles. The number of amides is 1. The fraction of sp³-hybridized carbons (Fsp3) is 0.400. The van der Waals surface area contributed by atoms with Gasteiger partial charge in [-0.15, -0.1) is 15.3 Å². The highest BCUT2D eigenvalue weighted by Crippen LogP contribution is 2.33. The molecule has 0 radical (unpaired) electrons. The molecule has 3 aromatic heterocycles. The average molecular weight is 344 g/mol. The second-order valence-corrected chi connectivity index (χ2v) is 6.78. The average Bonchev–Trinajstić information content (AvgIpc) is 3.35. The Labute approximate surface area is 142 Å². The molecule has 0 bridgehead atoms. The fourth-order valence-electron chi connectivity index (χ4n) is 2.84. The van der Waals surface area contributed by atoms with Gasteiger partial charge < -0.3 is 9.32 Å². The van der Waals surface area contributed by atoms with Crippen molar-refractivity contribution >= 4 is 17.2 Å². The molecule has 0 aliphatic carbocycles. The Morgan fingerprint density at radius 1 is 1.29 bits per heavy atom. The van der Waals surface area contributed by atoms with Gasteiger partial charge in [-0.05, 0) is 25.0 Å². The molecule has 24 heavy (non-hydrogen) atoms. The zero-order chi connectivity index (χ0) is 16.5. The quantitative estimate of drug-likeness (QED) is 0.721. The van der Waals surface area contributed by atoms with Crippen LogP contribution in [0, 0.1) is 0 Å². The lowest BCUT2D eigenvalue weighted by atomic mass is 9.97. The van der Waals surface area contributed by atoms with Crippen LogP contribution >= 0.6 is 11.3 Å². The second-order valence-electron chi connectivity index (χ2n) is 5.77. The van der Waals surface area contributed by atoms with Gasteiger partial charge in [0.1, 0.15) is 5.01 Å². The molecule has 9 heteroatoms. The van der Waals surface area contributed by atoms with E-state index < -0.39 is 0 Å². The Hall–Kier alpha value is -2.55. The Balaban J connectivity index is 1.40. The Morgan fingerprint density at radius 2 is 2.12 bits per heavy atom. The van der Waals surface area contributed by atoms with E-state index in [1.807, 2.05) is 17.0 Å². The van der Waals surface area contributed by atoms with Gasteiger partial charge in [0.25, 0.3) is 5.91 Å². The third-order valence-electron chi connectivity index (χ3n) is 4.13. The van der Waals surface area contributed by atoms with Gasteiger partial charge in [-0.3, -0.25) is 9.48 Å². The second kappa shape index (κ2) is 6.16. The maximum Gasteiger partial charge on any atom is 0.276 e. The van der Waals surface area contributed by atoms with Crippen molar-refractivity contribution in [2.24, 2.45) is 7.05 Å². The number of aryl methyl sites for hydroxylation is 1. The summed E-state index contributed by atoms with van der Waals surface area (Å²) in [7, 11) is 1.75. The summed E-state index contributed by atoms with van der Waals surface area (Å²) >= 11 is 1.56. The molecule has 1 aliphatic heterocycles. The van der Waals surface area contributed by atoms with Gasteiger partial charge in [-0.1, -0.05) is 16.6 Å². The van der Waals surface area contributed by atoms with Gasteiger partial charge in [-0.2, -0.15) is 0 Å². The molecule has 0 N–H and O–H groups in total. The van der Waals surface area contributed by atoms with Gasteiger partial charge in [0.05, 0.1) is 12.5 Å². The van der Waals surface area contributed by atoms with Crippen molar-refractivity contribution in [1.29, 1.82) is 0 Å². The molecule has 124 valence electrons. The van der Waals surface area contributed by atoms with Crippen LogP contribution in [0.3, 0.4) is 0 Å². The predicted molar refractivity (Wildman–Crippen MR) is 86.5 cm³/mol. The lowest BCUT2D eigenvalue weighted by Gasteiger charge is -2.30. The predicted octanol–water partition coefficient (Wildman–Crippen LogP) is 1.95. The van der Waals surface area contributed by atoms with Crippen LogP contribution in [0.1, 0.15) is 34.3 Å². The van der Waals surface area contributed by atoms with Crippen molar-refractivity contribution in [3.8, 4) is 10.8 Å². The lowest BCUT2D eigenvalue weighted by molar-refractivity contribution is 0.0706. The minimum Gasteiger partial charge on any atom is -0.462 e. The standard InChI is InChI=1S/C15H16N6O2S/c1-20-9-11(16-19-20)15(22)21-6-4-10(5-7-21)13-17-18-14(24-13)12-3-2-8-23-12/h2-3,8-10H,4-7H2,1H3. The Morgan fingerprint density at radius 3 is 2.79 bits per heavy atom. The van der Waals surface area contributed by atoms with Crippen LogP contribution in [0.15, 0.2) is 29.0 Å². The van der Waals surface area contributed by atoms with Crippen LogP contribution in [0.25, 0.3) is 10.8 Å². The van der Waals surface area contributed by atoms with Crippen molar-refractivity contribution in [3.63, 3.8) is 0 Å². The van der Waals surface area contributed by atoms with Gasteiger partial charge in [-0.25, -0.2) is 0 Å². The zero-order valence-corrected chi connectivity index (χ0v) is 13.9. The molecule has 4 rings (SSSR count). The molecule has 8 nitrogen and oxygen atoms in total. The van der Waals surface area contributed by atoms with Crippen LogP contribution in [0.2, 0.25) is 0 Å². The van der Waals surface area contributed by atoms with Crippen molar-refractivity contribution < 1.29 is 9.21 Å². The van der Waals surface area contributed by atoms with Crippen LogP contribution in [0.4, 0.5) is 0 Å². The molecular formula is C15H16N6O2S. The summed E-state index contributed by atoms with van der Waals surface area (Å²) in [6.45, 7) is 1.38. The van der Waals surface area contributed by atoms with E-state index in [1.54, 1.807) is 30.8 Å². The zero-order valence-electron chi connectivity index (χ0n) is 13.1. The number of likely N-dealkylation sites (tertiary alicyclic amines) is 1. The molecule has 0 unspecified atom stereocenters. The maximum atomic E-state index is 12.4. The lowest BCUT2D eigenvalue weighted by Crippen LogP contribution is -2.38. The van der Waals surface area contributed by atoms with Crippen molar-refractivity contribution in [2.45, 2.75) is 18.8 Å². The molecule has 1 saturated heterocycles. The summed E-state index contributed by atoms with van der Waals surface area (Å²) in [5.74, 6) is 1.02. The van der Waals surface area contributed by atoms with Crippen LogP contribution in [-0.4, -0.2) is 49.1 Å². The number of aromatic nitrogens is 5. The normalized spacial score (nSPS) is 15.8. The first kappa shape index (κ1) is 15.0. The molecule has 0 atom stereocenters. The SMILES string of the molecule is Cn1cc(C(=O)N2CCC(c3nnc(-c4ccco4)s3)CC2)nn1. The van der Waals surface area contributed by atoms with Crippen LogP contribution in [-0.2, 0) is 7.05 Å². The highest BCUT2D eigenvalue weighted by atomic mass is 32.1. The van der Waals surface area contributed by atoms with Crippen molar-refractivity contribution in [2.75, 3.05) is 13.1 Å². The number of piperidine rings is 1. The monoisotopic (exact) mass is 344 g/mol. The van der Waals surface area contributed by atoms with E-state index in [4.69, 9.17) is 4.42 Å². The number of hydrogen-bond acceptors (Lipinski definition) is 7. The van der Waals surface area contributed by atoms with E-state index in [-0.39, 0.29) is 5.91 Å². The molecular weight excluding hydrogens is 328 g/mol. The Kier molecular flexibility index (Phi) is 3.85. The number of furan rings is 1. The Bertz CT molecular complexity index is 832. The first-order valence-corrected chi connectivity index (χ1v) is 8.55. The molecule has 0 spiro atoms. The van der Waals surface area contributed by atoms with E-state index in [1.165, 1.54) is 4.68 Å². The first-order valence-electron chi connectivity index (χ1n) is 7.73. The summed E-state index contributed by atoms with van der Waals surface area (Å²) in [4.78, 5) is 14.2. The van der Waals surface area contributed by atoms with Gasteiger partial charge >= 0.3 is 0 Å². The van der Waals surface area contributed by atoms with Gasteiger partial charge in [0.2, 0.25) is 0 Å². The molecule has 1 amide bonds. The van der Waals surface area contributed by atoms with E-state index in [0.29, 0.717) is 24.7 Å². The third-order valence-corrected chi connectivity index (χ3v) is 5.23. The van der Waals surface area contributed by atoms with Crippen LogP contribution < -0.4 is 0 Å². The maximum absolute atomic E-state index is 12.4. The summed E-state index contributed by atoms with van der Waals surface area (Å²) in [6.07, 6.45) is 5.03. The number of carbonyl (C=O) groups excluding carboxylic acids is 1. The van der Waals surface area contributed by atoms with Crippen LogP contribution in [0.5, 0.6) is 0 Å². The number of rotatable bonds is 3. The number of hydrogen-bond donors (Lipinski definition) is 0. The van der Waals surface area contributed by atoms with E-state index >= 15 is 0 Å². The highest BCUT2D eigenvalue weighted by Gasteiger charge is 2.28. The smallest absolute Gasteiger partial charge is 0.276 e. The minimum atomic E-state index is -0.0601. The highest BCUT2D eigenvalue weighted by molar-refractivity contribution is 7.14. The molecule has 1 aliphatic rings. The van der Waals surface area contributed by atoms with E-state index in [9.17, 15) is 4.79 Å². The largest absolute Gasteiger partial charge is 0.462 e. The topological polar surface area (TPSA) is 89.9 Å². The van der Waals surface area contributed by atoms with Crippen molar-refractivity contribution in [3.05, 3.63) is 35.3 Å². The molecule has 3 aromatic rings. The summed E-state index contributed by atoms with van der Waals surface area (Å²) in [5, 5.41) is 18.0. The van der Waals surface area contributed by atoms with E-state index in [2.05, 4.69) is 20.5 Å². The fourth-order valence-corrected chi connectivity index (χ4v) is 3.82. The number of nitrogens with zero attached hydrogens (tertiary/aromatic N) is 6. The third kappa shape index (κ3) is 2.82. The minimum absolute atomic E-state index is 0.0601. The van der Waals surface area contributed by atoms with Gasteiger partial charge in [0, 0.05) is 26.1 Å². The first-order chi connectivity index (χ1) is 11.7. The van der Waals surface area contributed by atoms with Crippen molar-refractivity contribution in [1.82, 2.24) is 30.1 Å². The summed E-state index contributed by atoms with van der Waals surface area (Å²) in [5.41, 5.74) is 0.395. The molecule has 1 fully saturated rings. The van der Waals surface area contributed by atoms with E-state index in [0.717, 1.165) is 28.6 Å². The molecule has 0 aromatic carbocycles. The number of carbonyl (C=O) groups is 1. The summed E-state index contributed by atoms with van der Waals surface area (Å²) < 4.78 is 6.90. The molecule has 0 saturated carbocycles. The van der Waals surface area contributed by atoms with Gasteiger partial charge in [0.15, 0.2) is 16.5 Å². The summed E-state index contributed by atoms with van der Waals surface area (Å²) in [6, 6.07) is 3.72.